The van der Waals surface area contributed by atoms with Crippen molar-refractivity contribution in [3.63, 3.8) is 0 Å². The maximum atomic E-state index is 12.7. The van der Waals surface area contributed by atoms with Gasteiger partial charge in [0.15, 0.2) is 0 Å². The molecule has 0 spiro atoms. The number of aliphatic hydroxyl groups is 4. The Bertz CT molecular complexity index is 1220. The molecule has 0 aromatic rings. The quantitative estimate of drug-likeness (QED) is 0.0308. The Morgan fingerprint density at radius 2 is 0.545 bits per heavy atom. The lowest BCUT2D eigenvalue weighted by Crippen LogP contribution is -2.53. The highest BCUT2D eigenvalue weighted by atomic mass is 16.3. The second-order valence-electron chi connectivity index (χ2n) is 24.2. The Kier molecular flexibility index (Phi) is 64.1. The summed E-state index contributed by atoms with van der Waals surface area (Å²) in [6, 6.07) is -1.01. The molecular formula is C71H137NO5. The first-order valence-corrected chi connectivity index (χ1v) is 34.9. The third-order valence-corrected chi connectivity index (χ3v) is 16.6. The molecule has 77 heavy (non-hydrogen) atoms. The van der Waals surface area contributed by atoms with Crippen molar-refractivity contribution in [2.24, 2.45) is 0 Å². The Balaban J connectivity index is 3.60. The zero-order valence-electron chi connectivity index (χ0n) is 52.0. The third-order valence-electron chi connectivity index (χ3n) is 16.6. The van der Waals surface area contributed by atoms with Gasteiger partial charge in [-0.25, -0.2) is 0 Å². The molecule has 4 atom stereocenters. The van der Waals surface area contributed by atoms with Crippen LogP contribution in [0.1, 0.15) is 380 Å². The minimum atomic E-state index is -1.29. The molecule has 0 bridgehead atoms. The fraction of sp³-hybridized carbons (Fsp3) is 0.901. The summed E-state index contributed by atoms with van der Waals surface area (Å²) in [5.74, 6) is -0.592. The van der Waals surface area contributed by atoms with Gasteiger partial charge in [0, 0.05) is 0 Å². The molecule has 456 valence electrons. The van der Waals surface area contributed by atoms with Gasteiger partial charge in [-0.15, -0.1) is 0 Å². The molecule has 1 amide bonds. The third kappa shape index (κ3) is 59.0. The Morgan fingerprint density at radius 3 is 0.818 bits per heavy atom. The molecule has 6 nitrogen and oxygen atoms in total. The molecule has 0 aromatic carbocycles. The van der Waals surface area contributed by atoms with E-state index >= 15 is 0 Å². The van der Waals surface area contributed by atoms with E-state index in [0.29, 0.717) is 19.3 Å². The highest BCUT2D eigenvalue weighted by molar-refractivity contribution is 5.80. The number of carbonyl (C=O) groups is 1. The second-order valence-corrected chi connectivity index (χ2v) is 24.2. The molecule has 0 aliphatic rings. The molecule has 5 N–H and O–H groups in total. The van der Waals surface area contributed by atoms with E-state index < -0.39 is 36.9 Å². The molecule has 0 rings (SSSR count). The summed E-state index contributed by atoms with van der Waals surface area (Å²) in [6.45, 7) is 4.09. The zero-order valence-corrected chi connectivity index (χ0v) is 52.0. The van der Waals surface area contributed by atoms with Crippen molar-refractivity contribution in [1.82, 2.24) is 5.32 Å². The smallest absolute Gasteiger partial charge is 0.249 e. The van der Waals surface area contributed by atoms with Crippen LogP contribution in [0.15, 0.2) is 36.5 Å². The van der Waals surface area contributed by atoms with E-state index in [0.717, 1.165) is 51.4 Å². The molecule has 0 fully saturated rings. The molecular weight excluding hydrogens is 947 g/mol. The van der Waals surface area contributed by atoms with E-state index in [1.54, 1.807) is 0 Å². The molecule has 0 saturated carbocycles. The lowest BCUT2D eigenvalue weighted by Gasteiger charge is -2.27. The summed E-state index contributed by atoms with van der Waals surface area (Å²) >= 11 is 0. The topological polar surface area (TPSA) is 110 Å². The summed E-state index contributed by atoms with van der Waals surface area (Å²) in [5.41, 5.74) is 0. The Labute approximate surface area is 481 Å². The largest absolute Gasteiger partial charge is 0.394 e. The highest BCUT2D eigenvalue weighted by Gasteiger charge is 2.28. The summed E-state index contributed by atoms with van der Waals surface area (Å²) < 4.78 is 0. The van der Waals surface area contributed by atoms with E-state index in [4.69, 9.17) is 0 Å². The molecule has 0 radical (unpaired) electrons. The lowest BCUT2D eigenvalue weighted by molar-refractivity contribution is -0.132. The van der Waals surface area contributed by atoms with Crippen molar-refractivity contribution in [2.45, 2.75) is 404 Å². The van der Waals surface area contributed by atoms with Crippen LogP contribution < -0.4 is 5.32 Å². The van der Waals surface area contributed by atoms with Gasteiger partial charge in [0.1, 0.15) is 12.2 Å². The molecule has 0 heterocycles. The maximum Gasteiger partial charge on any atom is 0.249 e. The number of hydrogen-bond donors (Lipinski definition) is 5. The van der Waals surface area contributed by atoms with Crippen LogP contribution in [0.5, 0.6) is 0 Å². The standard InChI is InChI=1S/C71H137NO5/c1-3-5-7-9-11-13-15-17-19-21-23-25-27-29-31-33-35-37-38-40-42-44-46-48-50-52-54-56-58-60-62-64-68(74)70(76)67(66-73)72-71(77)69(75)65-63-61-59-57-55-53-51-49-47-45-43-41-39-36-34-32-30-28-26-24-22-20-18-16-14-12-10-8-6-4-2/h40,42,48,50,56,58,67-70,73-76H,3-39,41,43-47,49,51-55,57,59-66H2,1-2H3,(H,72,77)/b42-40+,50-48+,58-56+. The normalized spacial score (nSPS) is 13.7. The summed E-state index contributed by atoms with van der Waals surface area (Å²) in [4.78, 5) is 12.7. The molecule has 6 heteroatoms. The fourth-order valence-corrected chi connectivity index (χ4v) is 11.1. The molecule has 4 unspecified atom stereocenters. The number of amides is 1. The van der Waals surface area contributed by atoms with Gasteiger partial charge in [-0.2, -0.15) is 0 Å². The van der Waals surface area contributed by atoms with E-state index in [9.17, 15) is 25.2 Å². The van der Waals surface area contributed by atoms with Crippen LogP contribution in [0, 0.1) is 0 Å². The van der Waals surface area contributed by atoms with Crippen LogP contribution in [-0.4, -0.2) is 57.3 Å². The van der Waals surface area contributed by atoms with Crippen molar-refractivity contribution in [3.05, 3.63) is 36.5 Å². The average molecular weight is 1080 g/mol. The van der Waals surface area contributed by atoms with Crippen LogP contribution in [0.2, 0.25) is 0 Å². The second kappa shape index (κ2) is 65.3. The Morgan fingerprint density at radius 1 is 0.312 bits per heavy atom. The molecule has 0 aliphatic carbocycles. The number of aliphatic hydroxyl groups excluding tert-OH is 4. The molecule has 0 saturated heterocycles. The van der Waals surface area contributed by atoms with Crippen molar-refractivity contribution in [3.8, 4) is 0 Å². The minimum Gasteiger partial charge on any atom is -0.394 e. The van der Waals surface area contributed by atoms with E-state index in [2.05, 4.69) is 55.6 Å². The zero-order chi connectivity index (χ0) is 55.8. The van der Waals surface area contributed by atoms with Crippen LogP contribution in [-0.2, 0) is 4.79 Å². The first-order chi connectivity index (χ1) is 38.0. The van der Waals surface area contributed by atoms with Gasteiger partial charge in [-0.05, 0) is 64.2 Å². The average Bonchev–Trinajstić information content (AvgIpc) is 3.43. The van der Waals surface area contributed by atoms with Crippen LogP contribution >= 0.6 is 0 Å². The van der Waals surface area contributed by atoms with Crippen LogP contribution in [0.4, 0.5) is 0 Å². The molecule has 0 aliphatic heterocycles. The van der Waals surface area contributed by atoms with Gasteiger partial charge in [0.2, 0.25) is 5.91 Å². The lowest BCUT2D eigenvalue weighted by atomic mass is 10.00. The van der Waals surface area contributed by atoms with Crippen molar-refractivity contribution < 1.29 is 25.2 Å². The van der Waals surface area contributed by atoms with Gasteiger partial charge in [0.25, 0.3) is 0 Å². The van der Waals surface area contributed by atoms with Crippen LogP contribution in [0.25, 0.3) is 0 Å². The Hall–Kier alpha value is -1.47. The summed E-state index contributed by atoms with van der Waals surface area (Å²) in [5, 5.41) is 44.2. The number of rotatable bonds is 65. The number of unbranched alkanes of at least 4 members (excludes halogenated alkanes) is 50. The number of carbonyl (C=O) groups excluding carboxylic acids is 1. The summed E-state index contributed by atoms with van der Waals surface area (Å²) in [6.07, 6.45) is 84.2. The van der Waals surface area contributed by atoms with Gasteiger partial charge < -0.3 is 25.7 Å². The first-order valence-electron chi connectivity index (χ1n) is 34.9. The summed E-state index contributed by atoms with van der Waals surface area (Å²) in [7, 11) is 0. The van der Waals surface area contributed by atoms with Crippen molar-refractivity contribution in [1.29, 1.82) is 0 Å². The van der Waals surface area contributed by atoms with E-state index in [1.807, 2.05) is 0 Å². The molecule has 0 aromatic heterocycles. The first kappa shape index (κ1) is 75.5. The SMILES string of the molecule is CCCCCCCCCCCCCCCCCCCC/C=C/CC/C=C/CC/C=C/CCCC(O)C(O)C(CO)NC(=O)C(O)CCCCCCCCCCCCCCCCCCCCCCCCCCCCCCCC. The van der Waals surface area contributed by atoms with Crippen molar-refractivity contribution >= 4 is 5.91 Å². The predicted molar refractivity (Wildman–Crippen MR) is 339 cm³/mol. The monoisotopic (exact) mass is 1080 g/mol. The van der Waals surface area contributed by atoms with Crippen molar-refractivity contribution in [2.75, 3.05) is 6.61 Å². The van der Waals surface area contributed by atoms with E-state index in [1.165, 1.54) is 295 Å². The fourth-order valence-electron chi connectivity index (χ4n) is 11.1. The maximum absolute atomic E-state index is 12.7. The van der Waals surface area contributed by atoms with Gasteiger partial charge in [-0.1, -0.05) is 352 Å². The number of nitrogens with one attached hydrogen (secondary N) is 1. The number of hydrogen-bond acceptors (Lipinski definition) is 5. The van der Waals surface area contributed by atoms with Gasteiger partial charge >= 0.3 is 0 Å². The highest BCUT2D eigenvalue weighted by Crippen LogP contribution is 2.19. The van der Waals surface area contributed by atoms with Gasteiger partial charge in [-0.3, -0.25) is 4.79 Å². The van der Waals surface area contributed by atoms with Gasteiger partial charge in [0.05, 0.1) is 18.8 Å². The van der Waals surface area contributed by atoms with Crippen LogP contribution in [0.3, 0.4) is 0 Å². The predicted octanol–water partition coefficient (Wildman–Crippen LogP) is 21.5. The number of allylic oxidation sites excluding steroid dienone is 6. The van der Waals surface area contributed by atoms with E-state index in [-0.39, 0.29) is 0 Å². The minimum absolute atomic E-state index is 0.362.